The maximum atomic E-state index is 12.6. The summed E-state index contributed by atoms with van der Waals surface area (Å²) >= 11 is 0. The van der Waals surface area contributed by atoms with Gasteiger partial charge >= 0.3 is 0 Å². The molecule has 7 nitrogen and oxygen atoms in total. The highest BCUT2D eigenvalue weighted by atomic mass is 16.1. The quantitative estimate of drug-likeness (QED) is 0.733. The van der Waals surface area contributed by atoms with Crippen molar-refractivity contribution in [3.63, 3.8) is 0 Å². The minimum Gasteiger partial charge on any atom is -0.371 e. The molecule has 0 unspecified atom stereocenters. The van der Waals surface area contributed by atoms with E-state index in [1.54, 1.807) is 6.20 Å². The Bertz CT molecular complexity index is 1060. The third-order valence-corrected chi connectivity index (χ3v) is 5.52. The van der Waals surface area contributed by atoms with E-state index in [-0.39, 0.29) is 11.1 Å². The minimum absolute atomic E-state index is 0.156. The fourth-order valence-electron chi connectivity index (χ4n) is 4.00. The Balaban J connectivity index is 1.67. The van der Waals surface area contributed by atoms with Crippen molar-refractivity contribution in [2.75, 3.05) is 29.9 Å². The first-order valence-corrected chi connectivity index (χ1v) is 10.4. The summed E-state index contributed by atoms with van der Waals surface area (Å²) in [6.07, 6.45) is 5.39. The van der Waals surface area contributed by atoms with Gasteiger partial charge in [0.1, 0.15) is 5.39 Å². The Hall–Kier alpha value is -2.83. The summed E-state index contributed by atoms with van der Waals surface area (Å²) in [7, 11) is 1.97. The molecule has 4 rings (SSSR count). The van der Waals surface area contributed by atoms with Crippen molar-refractivity contribution in [3.8, 4) is 0 Å². The lowest BCUT2D eigenvalue weighted by Gasteiger charge is -2.31. The summed E-state index contributed by atoms with van der Waals surface area (Å²) in [5, 5.41) is 4.92. The van der Waals surface area contributed by atoms with Gasteiger partial charge in [0.2, 0.25) is 5.95 Å². The highest BCUT2D eigenvalue weighted by Gasteiger charge is 2.21. The number of nitrogens with one attached hydrogen (secondary N) is 1. The van der Waals surface area contributed by atoms with Gasteiger partial charge in [0.25, 0.3) is 5.56 Å². The zero-order valence-corrected chi connectivity index (χ0v) is 17.8. The molecular formula is C22H30N6O. The molecule has 29 heavy (non-hydrogen) atoms. The van der Waals surface area contributed by atoms with Gasteiger partial charge in [-0.05, 0) is 51.7 Å². The molecule has 0 bridgehead atoms. The lowest BCUT2D eigenvalue weighted by Crippen LogP contribution is -2.31. The molecule has 1 aliphatic heterocycles. The molecule has 0 aliphatic carbocycles. The molecule has 1 N–H and O–H groups in total. The number of aromatic amines is 1. The predicted octanol–water partition coefficient (Wildman–Crippen LogP) is 3.50. The van der Waals surface area contributed by atoms with Crippen molar-refractivity contribution in [1.29, 1.82) is 0 Å². The van der Waals surface area contributed by atoms with Crippen molar-refractivity contribution in [2.45, 2.75) is 52.1 Å². The number of nitrogens with zero attached hydrogens (tertiary/aromatic N) is 5. The van der Waals surface area contributed by atoms with Crippen molar-refractivity contribution in [1.82, 2.24) is 19.7 Å². The summed E-state index contributed by atoms with van der Waals surface area (Å²) in [6.45, 7) is 9.05. The minimum atomic E-state index is -0.251. The van der Waals surface area contributed by atoms with Crippen LogP contribution in [0.4, 0.5) is 11.6 Å². The van der Waals surface area contributed by atoms with E-state index in [0.29, 0.717) is 23.5 Å². The summed E-state index contributed by atoms with van der Waals surface area (Å²) in [4.78, 5) is 24.8. The fraction of sp³-hybridized carbons (Fsp3) is 0.500. The van der Waals surface area contributed by atoms with Gasteiger partial charge in [-0.2, -0.15) is 10.1 Å². The van der Waals surface area contributed by atoms with Gasteiger partial charge < -0.3 is 9.80 Å². The number of piperidine rings is 1. The molecular weight excluding hydrogens is 364 g/mol. The van der Waals surface area contributed by atoms with Gasteiger partial charge in [0, 0.05) is 32.4 Å². The van der Waals surface area contributed by atoms with E-state index in [4.69, 9.17) is 4.98 Å². The van der Waals surface area contributed by atoms with Crippen LogP contribution in [-0.2, 0) is 12.1 Å². The lowest BCUT2D eigenvalue weighted by molar-refractivity contribution is 0.366. The largest absolute Gasteiger partial charge is 0.371 e. The Morgan fingerprint density at radius 2 is 1.86 bits per heavy atom. The van der Waals surface area contributed by atoms with E-state index >= 15 is 0 Å². The monoisotopic (exact) mass is 394 g/mol. The normalized spacial score (nSPS) is 15.1. The molecule has 0 radical (unpaired) electrons. The van der Waals surface area contributed by atoms with E-state index in [0.717, 1.165) is 13.1 Å². The number of rotatable bonds is 4. The van der Waals surface area contributed by atoms with E-state index < -0.39 is 0 Å². The zero-order valence-electron chi connectivity index (χ0n) is 17.8. The first-order valence-electron chi connectivity index (χ1n) is 10.4. The molecule has 3 heterocycles. The van der Waals surface area contributed by atoms with Crippen LogP contribution < -0.4 is 15.4 Å². The number of fused-ring (bicyclic) bond motifs is 1. The van der Waals surface area contributed by atoms with Crippen LogP contribution in [-0.4, -0.2) is 39.9 Å². The molecule has 0 saturated carbocycles. The molecule has 1 aliphatic rings. The second-order valence-electron chi connectivity index (χ2n) is 8.89. The maximum absolute atomic E-state index is 12.6. The van der Waals surface area contributed by atoms with Crippen LogP contribution in [0, 0.1) is 0 Å². The van der Waals surface area contributed by atoms with Crippen LogP contribution in [0.1, 0.15) is 45.6 Å². The third-order valence-electron chi connectivity index (χ3n) is 5.52. The number of anilines is 2. The highest BCUT2D eigenvalue weighted by Crippen LogP contribution is 2.26. The number of benzene rings is 1. The molecule has 1 aromatic carbocycles. The number of H-pyrrole nitrogens is 1. The second-order valence-corrected chi connectivity index (χ2v) is 8.89. The van der Waals surface area contributed by atoms with E-state index in [1.165, 1.54) is 30.5 Å². The zero-order chi connectivity index (χ0) is 20.6. The molecule has 1 saturated heterocycles. The Morgan fingerprint density at radius 1 is 1.14 bits per heavy atom. The van der Waals surface area contributed by atoms with Crippen LogP contribution in [0.3, 0.4) is 0 Å². The van der Waals surface area contributed by atoms with E-state index in [2.05, 4.69) is 60.0 Å². The van der Waals surface area contributed by atoms with Gasteiger partial charge in [-0.15, -0.1) is 0 Å². The highest BCUT2D eigenvalue weighted by molar-refractivity contribution is 5.74. The molecule has 0 atom stereocenters. The number of hydrogen-bond donors (Lipinski definition) is 1. The molecule has 2 aromatic heterocycles. The second kappa shape index (κ2) is 7.54. The summed E-state index contributed by atoms with van der Waals surface area (Å²) in [5.41, 5.74) is 2.73. The Kier molecular flexibility index (Phi) is 5.06. The standard InChI is InChI=1S/C22H30N6O/c1-22(2,3)28-19-17(14-23-28)20(29)25-21(24-19)26(4)15-16-10-6-7-11-18(16)27-12-8-5-9-13-27/h6-7,10-11,14H,5,8-9,12-13,15H2,1-4H3,(H,24,25,29). The van der Waals surface area contributed by atoms with Crippen molar-refractivity contribution < 1.29 is 0 Å². The van der Waals surface area contributed by atoms with Crippen LogP contribution in [0.25, 0.3) is 11.0 Å². The van der Waals surface area contributed by atoms with Crippen molar-refractivity contribution in [2.24, 2.45) is 0 Å². The van der Waals surface area contributed by atoms with Gasteiger partial charge in [-0.3, -0.25) is 9.78 Å². The first kappa shape index (κ1) is 19.5. The fourth-order valence-corrected chi connectivity index (χ4v) is 4.00. The van der Waals surface area contributed by atoms with E-state index in [9.17, 15) is 4.79 Å². The topological polar surface area (TPSA) is 70.1 Å². The van der Waals surface area contributed by atoms with Crippen LogP contribution >= 0.6 is 0 Å². The SMILES string of the molecule is CN(Cc1ccccc1N1CCCCC1)c1nc2c(cnn2C(C)(C)C)c(=O)[nH]1. The van der Waals surface area contributed by atoms with Crippen molar-refractivity contribution in [3.05, 3.63) is 46.4 Å². The smallest absolute Gasteiger partial charge is 0.263 e. The maximum Gasteiger partial charge on any atom is 0.263 e. The molecule has 7 heteroatoms. The number of para-hydroxylation sites is 1. The average molecular weight is 395 g/mol. The van der Waals surface area contributed by atoms with Crippen LogP contribution in [0.2, 0.25) is 0 Å². The summed E-state index contributed by atoms with van der Waals surface area (Å²) in [6, 6.07) is 8.53. The van der Waals surface area contributed by atoms with Gasteiger partial charge in [-0.1, -0.05) is 18.2 Å². The predicted molar refractivity (Wildman–Crippen MR) is 118 cm³/mol. The Labute approximate surface area is 171 Å². The summed E-state index contributed by atoms with van der Waals surface area (Å²) < 4.78 is 1.82. The third kappa shape index (κ3) is 3.86. The lowest BCUT2D eigenvalue weighted by atomic mass is 10.1. The Morgan fingerprint density at radius 3 is 2.59 bits per heavy atom. The van der Waals surface area contributed by atoms with Gasteiger partial charge in [0.05, 0.1) is 11.7 Å². The van der Waals surface area contributed by atoms with Gasteiger partial charge in [-0.25, -0.2) is 4.68 Å². The first-order chi connectivity index (χ1) is 13.8. The van der Waals surface area contributed by atoms with E-state index in [1.807, 2.05) is 16.6 Å². The number of hydrogen-bond acceptors (Lipinski definition) is 5. The summed E-state index contributed by atoms with van der Waals surface area (Å²) in [5.74, 6) is 0.557. The van der Waals surface area contributed by atoms with Gasteiger partial charge in [0.15, 0.2) is 5.65 Å². The average Bonchev–Trinajstić information content (AvgIpc) is 3.14. The van der Waals surface area contributed by atoms with Crippen molar-refractivity contribution >= 4 is 22.7 Å². The van der Waals surface area contributed by atoms with Crippen LogP contribution in [0.5, 0.6) is 0 Å². The number of aromatic nitrogens is 4. The molecule has 0 amide bonds. The van der Waals surface area contributed by atoms with Crippen LogP contribution in [0.15, 0.2) is 35.3 Å². The molecule has 154 valence electrons. The molecule has 3 aromatic rings. The molecule has 1 fully saturated rings. The molecule has 0 spiro atoms.